The highest BCUT2D eigenvalue weighted by atomic mass is 16.5. The van der Waals surface area contributed by atoms with Gasteiger partial charge in [0.2, 0.25) is 0 Å². The summed E-state index contributed by atoms with van der Waals surface area (Å²) in [5, 5.41) is 0. The summed E-state index contributed by atoms with van der Waals surface area (Å²) >= 11 is 0. The number of hydrogen-bond donors (Lipinski definition) is 2. The van der Waals surface area contributed by atoms with Gasteiger partial charge in [0.1, 0.15) is 0 Å². The van der Waals surface area contributed by atoms with Gasteiger partial charge in [-0.25, -0.2) is 4.98 Å². The van der Waals surface area contributed by atoms with Gasteiger partial charge < -0.3 is 20.8 Å². The summed E-state index contributed by atoms with van der Waals surface area (Å²) in [5.74, 6) is 0.424. The van der Waals surface area contributed by atoms with Crippen LogP contribution in [0.3, 0.4) is 0 Å². The number of aromatic nitrogens is 2. The van der Waals surface area contributed by atoms with E-state index in [1.165, 1.54) is 0 Å². The molecule has 1 aliphatic rings. The minimum absolute atomic E-state index is 0.0303. The van der Waals surface area contributed by atoms with Gasteiger partial charge in [0.05, 0.1) is 24.7 Å². The topological polar surface area (TPSA) is 79.1 Å². The van der Waals surface area contributed by atoms with E-state index in [1.807, 2.05) is 12.5 Å². The van der Waals surface area contributed by atoms with Gasteiger partial charge in [-0.3, -0.25) is 0 Å². The van der Waals surface area contributed by atoms with Crippen LogP contribution in [0.4, 0.5) is 0 Å². The largest absolute Gasteiger partial charge is 0.381 e. The molecular formula is C11H20N4O. The molecule has 0 bridgehead atoms. The number of nitrogens with two attached hydrogens (primary N) is 2. The standard InChI is InChI=1S/C11H20N4O/c12-3-1-4-15-8-14-6-10(15)11(13)9-2-5-16-7-9/h6,8-9,11H,1-5,7,12-13H2. The molecule has 1 fully saturated rings. The molecule has 2 unspecified atom stereocenters. The van der Waals surface area contributed by atoms with E-state index in [1.54, 1.807) is 0 Å². The molecule has 2 heterocycles. The Bertz CT molecular complexity index is 320. The van der Waals surface area contributed by atoms with E-state index in [0.29, 0.717) is 12.5 Å². The summed E-state index contributed by atoms with van der Waals surface area (Å²) in [6.07, 6.45) is 5.70. The SMILES string of the molecule is NCCCn1cncc1C(N)C1CCOC1. The van der Waals surface area contributed by atoms with Crippen LogP contribution < -0.4 is 11.5 Å². The lowest BCUT2D eigenvalue weighted by atomic mass is 9.97. The van der Waals surface area contributed by atoms with Crippen LogP contribution in [0.25, 0.3) is 0 Å². The normalized spacial score (nSPS) is 22.5. The van der Waals surface area contributed by atoms with Crippen molar-refractivity contribution in [2.45, 2.75) is 25.4 Å². The van der Waals surface area contributed by atoms with Gasteiger partial charge in [-0.1, -0.05) is 0 Å². The smallest absolute Gasteiger partial charge is 0.0948 e. The number of imidazole rings is 1. The molecule has 2 rings (SSSR count). The van der Waals surface area contributed by atoms with Crippen molar-refractivity contribution >= 4 is 0 Å². The Morgan fingerprint density at radius 3 is 3.19 bits per heavy atom. The number of hydrogen-bond acceptors (Lipinski definition) is 4. The first-order valence-electron chi connectivity index (χ1n) is 5.86. The minimum Gasteiger partial charge on any atom is -0.381 e. The second-order valence-corrected chi connectivity index (χ2v) is 4.30. The molecule has 4 N–H and O–H groups in total. The summed E-state index contributed by atoms with van der Waals surface area (Å²) in [4.78, 5) is 4.17. The maximum atomic E-state index is 6.25. The third-order valence-electron chi connectivity index (χ3n) is 3.16. The van der Waals surface area contributed by atoms with Crippen molar-refractivity contribution in [2.75, 3.05) is 19.8 Å². The highest BCUT2D eigenvalue weighted by Crippen LogP contribution is 2.26. The predicted molar refractivity (Wildman–Crippen MR) is 61.8 cm³/mol. The Morgan fingerprint density at radius 1 is 1.62 bits per heavy atom. The molecule has 1 aromatic heterocycles. The zero-order valence-corrected chi connectivity index (χ0v) is 9.51. The van der Waals surface area contributed by atoms with Crippen molar-refractivity contribution in [3.63, 3.8) is 0 Å². The van der Waals surface area contributed by atoms with Crippen molar-refractivity contribution in [1.82, 2.24) is 9.55 Å². The summed E-state index contributed by atoms with van der Waals surface area (Å²) in [6, 6.07) is 0.0303. The van der Waals surface area contributed by atoms with E-state index < -0.39 is 0 Å². The average molecular weight is 224 g/mol. The Kier molecular flexibility index (Phi) is 3.93. The molecule has 90 valence electrons. The molecule has 0 spiro atoms. The van der Waals surface area contributed by atoms with Gasteiger partial charge in [-0.2, -0.15) is 0 Å². The van der Waals surface area contributed by atoms with Crippen molar-refractivity contribution in [1.29, 1.82) is 0 Å². The molecule has 0 amide bonds. The lowest BCUT2D eigenvalue weighted by molar-refractivity contribution is 0.180. The van der Waals surface area contributed by atoms with Gasteiger partial charge in [-0.05, 0) is 19.4 Å². The lowest BCUT2D eigenvalue weighted by Crippen LogP contribution is -2.24. The Labute approximate surface area is 95.8 Å². The lowest BCUT2D eigenvalue weighted by Gasteiger charge is -2.19. The second-order valence-electron chi connectivity index (χ2n) is 4.30. The zero-order chi connectivity index (χ0) is 11.4. The highest BCUT2D eigenvalue weighted by molar-refractivity contribution is 5.07. The van der Waals surface area contributed by atoms with Gasteiger partial charge in [0.25, 0.3) is 0 Å². The van der Waals surface area contributed by atoms with Gasteiger partial charge in [0.15, 0.2) is 0 Å². The number of ether oxygens (including phenoxy) is 1. The van der Waals surface area contributed by atoms with E-state index in [0.717, 1.165) is 38.3 Å². The summed E-state index contributed by atoms with van der Waals surface area (Å²) in [6.45, 7) is 3.19. The van der Waals surface area contributed by atoms with Crippen LogP contribution in [0.2, 0.25) is 0 Å². The molecule has 0 aromatic carbocycles. The fraction of sp³-hybridized carbons (Fsp3) is 0.727. The molecule has 16 heavy (non-hydrogen) atoms. The second kappa shape index (κ2) is 5.43. The maximum Gasteiger partial charge on any atom is 0.0948 e. The first-order valence-corrected chi connectivity index (χ1v) is 5.86. The van der Waals surface area contributed by atoms with E-state index >= 15 is 0 Å². The van der Waals surface area contributed by atoms with Crippen LogP contribution in [0.15, 0.2) is 12.5 Å². The highest BCUT2D eigenvalue weighted by Gasteiger charge is 2.26. The van der Waals surface area contributed by atoms with Gasteiger partial charge >= 0.3 is 0 Å². The quantitative estimate of drug-likeness (QED) is 0.752. The molecule has 1 aromatic rings. The summed E-state index contributed by atoms with van der Waals surface area (Å²) in [7, 11) is 0. The van der Waals surface area contributed by atoms with E-state index in [4.69, 9.17) is 16.2 Å². The molecule has 0 saturated carbocycles. The van der Waals surface area contributed by atoms with E-state index in [9.17, 15) is 0 Å². The van der Waals surface area contributed by atoms with Crippen molar-refractivity contribution in [3.8, 4) is 0 Å². The molecule has 0 aliphatic carbocycles. The van der Waals surface area contributed by atoms with Crippen LogP contribution in [0.1, 0.15) is 24.6 Å². The molecule has 0 radical (unpaired) electrons. The van der Waals surface area contributed by atoms with E-state index in [2.05, 4.69) is 9.55 Å². The Balaban J connectivity index is 2.03. The monoisotopic (exact) mass is 224 g/mol. The number of aryl methyl sites for hydroxylation is 1. The fourth-order valence-electron chi connectivity index (χ4n) is 2.13. The van der Waals surface area contributed by atoms with Gasteiger partial charge in [0, 0.05) is 25.3 Å². The molecule has 5 nitrogen and oxygen atoms in total. The minimum atomic E-state index is 0.0303. The third kappa shape index (κ3) is 2.42. The van der Waals surface area contributed by atoms with Crippen LogP contribution in [-0.4, -0.2) is 29.3 Å². The molecule has 1 saturated heterocycles. The number of rotatable bonds is 5. The summed E-state index contributed by atoms with van der Waals surface area (Å²) < 4.78 is 7.47. The average Bonchev–Trinajstić information content (AvgIpc) is 2.96. The fourth-order valence-corrected chi connectivity index (χ4v) is 2.13. The number of nitrogens with zero attached hydrogens (tertiary/aromatic N) is 2. The van der Waals surface area contributed by atoms with Crippen LogP contribution in [-0.2, 0) is 11.3 Å². The first kappa shape index (κ1) is 11.6. The first-order chi connectivity index (χ1) is 7.83. The van der Waals surface area contributed by atoms with Crippen LogP contribution >= 0.6 is 0 Å². The molecular weight excluding hydrogens is 204 g/mol. The summed E-state index contributed by atoms with van der Waals surface area (Å²) in [5.41, 5.74) is 12.9. The van der Waals surface area contributed by atoms with E-state index in [-0.39, 0.29) is 6.04 Å². The molecule has 2 atom stereocenters. The predicted octanol–water partition coefficient (Wildman–Crippen LogP) is 0.268. The van der Waals surface area contributed by atoms with Crippen molar-refractivity contribution in [2.24, 2.45) is 17.4 Å². The van der Waals surface area contributed by atoms with Crippen LogP contribution in [0.5, 0.6) is 0 Å². The van der Waals surface area contributed by atoms with Gasteiger partial charge in [-0.15, -0.1) is 0 Å². The van der Waals surface area contributed by atoms with Crippen LogP contribution in [0, 0.1) is 5.92 Å². The van der Waals surface area contributed by atoms with Crippen molar-refractivity contribution in [3.05, 3.63) is 18.2 Å². The Morgan fingerprint density at radius 2 is 2.50 bits per heavy atom. The molecule has 5 heteroatoms. The maximum absolute atomic E-state index is 6.25. The van der Waals surface area contributed by atoms with Crippen molar-refractivity contribution < 1.29 is 4.74 Å². The molecule has 1 aliphatic heterocycles. The third-order valence-corrected chi connectivity index (χ3v) is 3.16. The Hall–Kier alpha value is -0.910. The zero-order valence-electron chi connectivity index (χ0n) is 9.51.